The zero-order valence-corrected chi connectivity index (χ0v) is 13.2. The predicted octanol–water partition coefficient (Wildman–Crippen LogP) is 3.32. The molecule has 0 unspecified atom stereocenters. The number of amides is 1. The summed E-state index contributed by atoms with van der Waals surface area (Å²) in [5, 5.41) is 4.34. The van der Waals surface area contributed by atoms with E-state index in [9.17, 15) is 9.18 Å². The van der Waals surface area contributed by atoms with Crippen LogP contribution in [0.1, 0.15) is 13.8 Å². The van der Waals surface area contributed by atoms with Crippen molar-refractivity contribution in [3.8, 4) is 11.3 Å². The van der Waals surface area contributed by atoms with Gasteiger partial charge in [0.2, 0.25) is 0 Å². The highest BCUT2D eigenvalue weighted by atomic mass is 19.1. The van der Waals surface area contributed by atoms with Crippen LogP contribution < -0.4 is 5.32 Å². The van der Waals surface area contributed by atoms with Crippen molar-refractivity contribution in [3.05, 3.63) is 43.0 Å². The van der Waals surface area contributed by atoms with E-state index in [-0.39, 0.29) is 0 Å². The molecular formula is C17H17FN4O. The van der Waals surface area contributed by atoms with Crippen LogP contribution in [0.3, 0.4) is 0 Å². The number of hydrogen-bond acceptors (Lipinski definition) is 3. The number of fused-ring (bicyclic) bond motifs is 1. The second-order valence-corrected chi connectivity index (χ2v) is 5.95. The molecule has 3 rings (SSSR count). The summed E-state index contributed by atoms with van der Waals surface area (Å²) >= 11 is 0. The Kier molecular flexibility index (Phi) is 3.60. The molecule has 0 atom stereocenters. The highest BCUT2D eigenvalue weighted by molar-refractivity contribution is 5.97. The number of carbonyl (C=O) groups is 1. The van der Waals surface area contributed by atoms with Gasteiger partial charge in [0.05, 0.1) is 18.2 Å². The number of rotatable bonds is 3. The highest BCUT2D eigenvalue weighted by Crippen LogP contribution is 2.25. The maximum absolute atomic E-state index is 13.6. The lowest BCUT2D eigenvalue weighted by Crippen LogP contribution is -2.32. The maximum atomic E-state index is 13.6. The summed E-state index contributed by atoms with van der Waals surface area (Å²) in [6.45, 7) is 2.42. The van der Waals surface area contributed by atoms with Gasteiger partial charge in [-0.25, -0.2) is 14.4 Å². The van der Waals surface area contributed by atoms with Crippen LogP contribution in [-0.4, -0.2) is 26.1 Å². The van der Waals surface area contributed by atoms with E-state index in [4.69, 9.17) is 0 Å². The van der Waals surface area contributed by atoms with Gasteiger partial charge in [-0.05, 0) is 31.4 Å². The van der Waals surface area contributed by atoms with Gasteiger partial charge >= 0.3 is 0 Å². The van der Waals surface area contributed by atoms with E-state index in [1.165, 1.54) is 13.8 Å². The van der Waals surface area contributed by atoms with Crippen LogP contribution >= 0.6 is 0 Å². The Bertz CT molecular complexity index is 880. The first-order chi connectivity index (χ1) is 10.8. The van der Waals surface area contributed by atoms with Crippen molar-refractivity contribution in [1.82, 2.24) is 14.5 Å². The van der Waals surface area contributed by atoms with E-state index >= 15 is 0 Å². The number of aryl methyl sites for hydroxylation is 1. The van der Waals surface area contributed by atoms with Gasteiger partial charge in [0.25, 0.3) is 5.91 Å². The van der Waals surface area contributed by atoms with Gasteiger partial charge in [0.15, 0.2) is 5.67 Å². The lowest BCUT2D eigenvalue weighted by Gasteiger charge is -2.14. The number of imidazole rings is 1. The van der Waals surface area contributed by atoms with Gasteiger partial charge in [-0.3, -0.25) is 4.79 Å². The van der Waals surface area contributed by atoms with Crippen LogP contribution in [0.25, 0.3) is 22.0 Å². The number of benzene rings is 1. The minimum Gasteiger partial charge on any atom is -0.334 e. The number of alkyl halides is 1. The van der Waals surface area contributed by atoms with Crippen LogP contribution in [-0.2, 0) is 11.8 Å². The molecule has 0 aliphatic heterocycles. The van der Waals surface area contributed by atoms with Crippen molar-refractivity contribution >= 4 is 22.5 Å². The highest BCUT2D eigenvalue weighted by Gasteiger charge is 2.26. The molecule has 6 heteroatoms. The average molecular weight is 312 g/mol. The van der Waals surface area contributed by atoms with Gasteiger partial charge in [0, 0.05) is 24.2 Å². The van der Waals surface area contributed by atoms with Gasteiger partial charge in [-0.1, -0.05) is 12.1 Å². The second-order valence-electron chi connectivity index (χ2n) is 5.95. The molecule has 0 fully saturated rings. The molecular weight excluding hydrogens is 295 g/mol. The Morgan fingerprint density at radius 1 is 1.22 bits per heavy atom. The smallest absolute Gasteiger partial charge is 0.262 e. The lowest BCUT2D eigenvalue weighted by atomic mass is 10.1. The third-order valence-electron chi connectivity index (χ3n) is 3.62. The standard InChI is InChI=1S/C17H17FN4O/c1-17(2,18)16(23)21-15-7-13-6-11(4-5-12(13)8-20-15)14-9-19-10-22(14)3/h4-10H,1-3H3,(H,20,21,23). The topological polar surface area (TPSA) is 59.8 Å². The maximum Gasteiger partial charge on any atom is 0.262 e. The van der Waals surface area contributed by atoms with E-state index in [1.54, 1.807) is 24.8 Å². The monoisotopic (exact) mass is 312 g/mol. The Morgan fingerprint density at radius 2 is 2.00 bits per heavy atom. The summed E-state index contributed by atoms with van der Waals surface area (Å²) in [5.74, 6) is -0.387. The molecule has 0 aliphatic rings. The molecule has 118 valence electrons. The number of pyridine rings is 1. The molecule has 2 heterocycles. The molecule has 0 aliphatic carbocycles. The molecule has 1 aromatic carbocycles. The van der Waals surface area contributed by atoms with Gasteiger partial charge in [-0.15, -0.1) is 0 Å². The van der Waals surface area contributed by atoms with Crippen molar-refractivity contribution in [1.29, 1.82) is 0 Å². The minimum atomic E-state index is -1.95. The quantitative estimate of drug-likeness (QED) is 0.807. The number of nitrogens with one attached hydrogen (secondary N) is 1. The molecule has 0 bridgehead atoms. The fourth-order valence-electron chi connectivity index (χ4n) is 2.27. The van der Waals surface area contributed by atoms with Crippen LogP contribution in [0.2, 0.25) is 0 Å². The second kappa shape index (κ2) is 5.46. The molecule has 5 nitrogen and oxygen atoms in total. The van der Waals surface area contributed by atoms with Crippen molar-refractivity contribution < 1.29 is 9.18 Å². The number of aromatic nitrogens is 3. The van der Waals surface area contributed by atoms with Gasteiger partial charge < -0.3 is 9.88 Å². The van der Waals surface area contributed by atoms with E-state index in [0.29, 0.717) is 5.82 Å². The summed E-state index contributed by atoms with van der Waals surface area (Å²) in [5.41, 5.74) is 0.0405. The van der Waals surface area contributed by atoms with Crippen LogP contribution in [0.15, 0.2) is 43.0 Å². The van der Waals surface area contributed by atoms with Gasteiger partial charge in [0.1, 0.15) is 5.82 Å². The molecule has 1 N–H and O–H groups in total. The van der Waals surface area contributed by atoms with E-state index < -0.39 is 11.6 Å². The first-order valence-corrected chi connectivity index (χ1v) is 7.21. The Balaban J connectivity index is 1.98. The predicted molar refractivity (Wildman–Crippen MR) is 87.8 cm³/mol. The summed E-state index contributed by atoms with van der Waals surface area (Å²) in [4.78, 5) is 20.0. The first kappa shape index (κ1) is 15.1. The number of nitrogens with zero attached hydrogens (tertiary/aromatic N) is 3. The largest absolute Gasteiger partial charge is 0.334 e. The summed E-state index contributed by atoms with van der Waals surface area (Å²) in [7, 11) is 1.92. The molecule has 0 saturated carbocycles. The van der Waals surface area contributed by atoms with Crippen LogP contribution in [0.4, 0.5) is 10.2 Å². The summed E-state index contributed by atoms with van der Waals surface area (Å²) in [6, 6.07) is 7.67. The van der Waals surface area contributed by atoms with Crippen molar-refractivity contribution in [2.75, 3.05) is 5.32 Å². The fourth-order valence-corrected chi connectivity index (χ4v) is 2.27. The molecule has 3 aromatic rings. The number of carbonyl (C=O) groups excluding carboxylic acids is 1. The summed E-state index contributed by atoms with van der Waals surface area (Å²) < 4.78 is 15.6. The van der Waals surface area contributed by atoms with Gasteiger partial charge in [-0.2, -0.15) is 0 Å². The molecule has 0 radical (unpaired) electrons. The van der Waals surface area contributed by atoms with Crippen LogP contribution in [0, 0.1) is 0 Å². The molecule has 23 heavy (non-hydrogen) atoms. The SMILES string of the molecule is Cn1cncc1-c1ccc2cnc(NC(=O)C(C)(C)F)cc2c1. The Labute approximate surface area is 133 Å². The third-order valence-corrected chi connectivity index (χ3v) is 3.62. The molecule has 1 amide bonds. The van der Waals surface area contributed by atoms with E-state index in [1.807, 2.05) is 29.8 Å². The van der Waals surface area contributed by atoms with E-state index in [2.05, 4.69) is 15.3 Å². The number of halogens is 1. The minimum absolute atomic E-state index is 0.329. The lowest BCUT2D eigenvalue weighted by molar-refractivity contribution is -0.125. The zero-order chi connectivity index (χ0) is 16.6. The molecule has 0 spiro atoms. The molecule has 2 aromatic heterocycles. The van der Waals surface area contributed by atoms with Crippen LogP contribution in [0.5, 0.6) is 0 Å². The average Bonchev–Trinajstić information content (AvgIpc) is 2.91. The number of anilines is 1. The summed E-state index contributed by atoms with van der Waals surface area (Å²) in [6.07, 6.45) is 5.18. The normalized spacial score (nSPS) is 11.7. The zero-order valence-electron chi connectivity index (χ0n) is 13.2. The third kappa shape index (κ3) is 3.06. The molecule has 0 saturated heterocycles. The Morgan fingerprint density at radius 3 is 2.65 bits per heavy atom. The van der Waals surface area contributed by atoms with E-state index in [0.717, 1.165) is 22.0 Å². The van der Waals surface area contributed by atoms with Crippen molar-refractivity contribution in [2.24, 2.45) is 7.05 Å². The first-order valence-electron chi connectivity index (χ1n) is 7.21. The number of hydrogen-bond donors (Lipinski definition) is 1. The Hall–Kier alpha value is -2.76. The van der Waals surface area contributed by atoms with Crippen molar-refractivity contribution in [2.45, 2.75) is 19.5 Å². The fraction of sp³-hybridized carbons (Fsp3) is 0.235. The van der Waals surface area contributed by atoms with Crippen molar-refractivity contribution in [3.63, 3.8) is 0 Å².